The molecule has 116 valence electrons. The van der Waals surface area contributed by atoms with Crippen LogP contribution in [0.15, 0.2) is 59.8 Å². The molecular weight excluding hydrogens is 296 g/mol. The number of benzene rings is 1. The molecule has 0 radical (unpaired) electrons. The monoisotopic (exact) mass is 310 g/mol. The van der Waals surface area contributed by atoms with Crippen LogP contribution in [0.4, 0.5) is 5.69 Å². The summed E-state index contributed by atoms with van der Waals surface area (Å²) >= 11 is 0. The number of rotatable bonds is 5. The van der Waals surface area contributed by atoms with Crippen LogP contribution in [0.25, 0.3) is 0 Å². The molecule has 0 fully saturated rings. The smallest absolute Gasteiger partial charge is 0.274 e. The van der Waals surface area contributed by atoms with Crippen LogP contribution in [0.3, 0.4) is 0 Å². The van der Waals surface area contributed by atoms with Crippen molar-refractivity contribution in [2.24, 2.45) is 0 Å². The number of tetrazole rings is 1. The highest BCUT2D eigenvalue weighted by Gasteiger charge is 2.09. The van der Waals surface area contributed by atoms with Gasteiger partial charge in [0.25, 0.3) is 5.56 Å². The van der Waals surface area contributed by atoms with E-state index in [-0.39, 0.29) is 23.7 Å². The summed E-state index contributed by atoms with van der Waals surface area (Å²) in [7, 11) is 0. The Kier molecular flexibility index (Phi) is 4.23. The molecule has 0 atom stereocenters. The van der Waals surface area contributed by atoms with Gasteiger partial charge in [0.2, 0.25) is 5.91 Å². The van der Waals surface area contributed by atoms with Gasteiger partial charge in [0.1, 0.15) is 18.6 Å². The van der Waals surface area contributed by atoms with Crippen LogP contribution < -0.4 is 10.9 Å². The lowest BCUT2D eigenvalue weighted by Crippen LogP contribution is -2.27. The van der Waals surface area contributed by atoms with Crippen molar-refractivity contribution in [1.29, 1.82) is 0 Å². The number of carbonyl (C=O) groups is 1. The van der Waals surface area contributed by atoms with E-state index in [2.05, 4.69) is 20.8 Å². The maximum Gasteiger partial charge on any atom is 0.274 e. The van der Waals surface area contributed by atoms with E-state index >= 15 is 0 Å². The van der Waals surface area contributed by atoms with Gasteiger partial charge in [-0.2, -0.15) is 0 Å². The highest BCUT2D eigenvalue weighted by atomic mass is 16.2. The van der Waals surface area contributed by atoms with Gasteiger partial charge in [0.15, 0.2) is 0 Å². The largest absolute Gasteiger partial charge is 0.320 e. The quantitative estimate of drug-likeness (QED) is 0.741. The van der Waals surface area contributed by atoms with Crippen LogP contribution in [0.2, 0.25) is 0 Å². The number of nitrogens with one attached hydrogen (secondary N) is 1. The van der Waals surface area contributed by atoms with Crippen molar-refractivity contribution in [2.45, 2.75) is 13.1 Å². The Hall–Kier alpha value is -3.29. The molecule has 1 N–H and O–H groups in total. The lowest BCUT2D eigenvalue weighted by molar-refractivity contribution is -0.116. The molecular formula is C15H14N6O2. The summed E-state index contributed by atoms with van der Waals surface area (Å²) in [6.45, 7) is 0.385. The van der Waals surface area contributed by atoms with Crippen LogP contribution >= 0.6 is 0 Å². The second kappa shape index (κ2) is 6.65. The SMILES string of the molecule is O=C(Cn1cnnn1)Nc1cccn(Cc2ccccc2)c1=O. The van der Waals surface area contributed by atoms with E-state index in [1.54, 1.807) is 22.9 Å². The van der Waals surface area contributed by atoms with Crippen molar-refractivity contribution in [3.8, 4) is 0 Å². The molecule has 23 heavy (non-hydrogen) atoms. The molecule has 0 saturated heterocycles. The van der Waals surface area contributed by atoms with Crippen LogP contribution in [0.5, 0.6) is 0 Å². The first-order valence-electron chi connectivity index (χ1n) is 6.96. The van der Waals surface area contributed by atoms with Crippen molar-refractivity contribution >= 4 is 11.6 Å². The van der Waals surface area contributed by atoms with Crippen molar-refractivity contribution < 1.29 is 4.79 Å². The van der Waals surface area contributed by atoms with Gasteiger partial charge < -0.3 is 9.88 Å². The number of hydrogen-bond acceptors (Lipinski definition) is 5. The molecule has 2 heterocycles. The summed E-state index contributed by atoms with van der Waals surface area (Å²) < 4.78 is 2.82. The van der Waals surface area contributed by atoms with Crippen molar-refractivity contribution in [2.75, 3.05) is 5.32 Å². The fourth-order valence-corrected chi connectivity index (χ4v) is 2.13. The van der Waals surface area contributed by atoms with Gasteiger partial charge in [-0.1, -0.05) is 30.3 Å². The molecule has 0 spiro atoms. The summed E-state index contributed by atoms with van der Waals surface area (Å²) in [5.74, 6) is -0.369. The zero-order chi connectivity index (χ0) is 16.1. The standard InChI is InChI=1S/C15H14N6O2/c22-14(10-21-11-16-18-19-21)17-13-7-4-8-20(15(13)23)9-12-5-2-1-3-6-12/h1-8,11H,9-10H2,(H,17,22). The van der Waals surface area contributed by atoms with E-state index in [0.29, 0.717) is 6.54 Å². The van der Waals surface area contributed by atoms with Crippen LogP contribution in [-0.2, 0) is 17.9 Å². The zero-order valence-corrected chi connectivity index (χ0v) is 12.2. The molecule has 1 amide bonds. The minimum atomic E-state index is -0.369. The van der Waals surface area contributed by atoms with Crippen LogP contribution in [-0.4, -0.2) is 30.7 Å². The van der Waals surface area contributed by atoms with Crippen molar-refractivity contribution in [3.05, 3.63) is 70.9 Å². The minimum Gasteiger partial charge on any atom is -0.320 e. The molecule has 0 saturated carbocycles. The van der Waals surface area contributed by atoms with E-state index in [1.807, 2.05) is 30.3 Å². The van der Waals surface area contributed by atoms with E-state index in [0.717, 1.165) is 5.56 Å². The second-order valence-corrected chi connectivity index (χ2v) is 4.90. The molecule has 3 rings (SSSR count). The van der Waals surface area contributed by atoms with Gasteiger partial charge in [-0.3, -0.25) is 9.59 Å². The van der Waals surface area contributed by atoms with Crippen LogP contribution in [0, 0.1) is 0 Å². The highest BCUT2D eigenvalue weighted by Crippen LogP contribution is 2.04. The molecule has 0 aliphatic heterocycles. The predicted octanol–water partition coefficient (Wildman–Crippen LogP) is 0.522. The second-order valence-electron chi connectivity index (χ2n) is 4.90. The lowest BCUT2D eigenvalue weighted by atomic mass is 10.2. The third-order valence-electron chi connectivity index (χ3n) is 3.19. The summed E-state index contributed by atoms with van der Waals surface area (Å²) in [6, 6.07) is 12.9. The Morgan fingerprint density at radius 1 is 1.13 bits per heavy atom. The molecule has 8 nitrogen and oxygen atoms in total. The van der Waals surface area contributed by atoms with Gasteiger partial charge in [-0.25, -0.2) is 4.68 Å². The van der Waals surface area contributed by atoms with Gasteiger partial charge in [-0.05, 0) is 28.1 Å². The van der Waals surface area contributed by atoms with E-state index < -0.39 is 0 Å². The Balaban J connectivity index is 1.74. The predicted molar refractivity (Wildman–Crippen MR) is 82.7 cm³/mol. The summed E-state index contributed by atoms with van der Waals surface area (Å²) in [6.07, 6.45) is 3.02. The number of carbonyl (C=O) groups excluding carboxylic acids is 1. The van der Waals surface area contributed by atoms with Crippen LogP contribution in [0.1, 0.15) is 5.56 Å². The number of anilines is 1. The Morgan fingerprint density at radius 2 is 1.96 bits per heavy atom. The van der Waals surface area contributed by atoms with Crippen molar-refractivity contribution in [3.63, 3.8) is 0 Å². The van der Waals surface area contributed by atoms with E-state index in [4.69, 9.17) is 0 Å². The number of amides is 1. The Bertz CT molecular complexity index is 842. The average molecular weight is 310 g/mol. The Morgan fingerprint density at radius 3 is 2.70 bits per heavy atom. The molecule has 0 unspecified atom stereocenters. The minimum absolute atomic E-state index is 0.0555. The summed E-state index contributed by atoms with van der Waals surface area (Å²) in [5, 5.41) is 13.1. The van der Waals surface area contributed by atoms with Gasteiger partial charge in [-0.15, -0.1) is 5.10 Å². The average Bonchev–Trinajstić information content (AvgIpc) is 3.05. The third-order valence-corrected chi connectivity index (χ3v) is 3.19. The maximum atomic E-state index is 12.4. The number of hydrogen-bond donors (Lipinski definition) is 1. The molecule has 0 aliphatic rings. The molecule has 2 aromatic heterocycles. The normalized spacial score (nSPS) is 10.4. The fourth-order valence-electron chi connectivity index (χ4n) is 2.13. The maximum absolute atomic E-state index is 12.4. The number of pyridine rings is 1. The van der Waals surface area contributed by atoms with Gasteiger partial charge in [0.05, 0.1) is 6.54 Å². The topological polar surface area (TPSA) is 94.7 Å². The molecule has 3 aromatic rings. The zero-order valence-electron chi connectivity index (χ0n) is 12.2. The lowest BCUT2D eigenvalue weighted by Gasteiger charge is -2.09. The Labute approximate surface area is 131 Å². The molecule has 0 bridgehead atoms. The first-order chi connectivity index (χ1) is 11.2. The van der Waals surface area contributed by atoms with Gasteiger partial charge in [0, 0.05) is 6.20 Å². The van der Waals surface area contributed by atoms with E-state index in [9.17, 15) is 9.59 Å². The summed E-state index contributed by atoms with van der Waals surface area (Å²) in [4.78, 5) is 24.3. The molecule has 8 heteroatoms. The van der Waals surface area contributed by atoms with E-state index in [1.165, 1.54) is 11.0 Å². The third kappa shape index (κ3) is 3.67. The first-order valence-corrected chi connectivity index (χ1v) is 6.96. The van der Waals surface area contributed by atoms with Crippen molar-refractivity contribution in [1.82, 2.24) is 24.8 Å². The van der Waals surface area contributed by atoms with Gasteiger partial charge >= 0.3 is 0 Å². The number of aromatic nitrogens is 5. The first kappa shape index (κ1) is 14.6. The summed E-state index contributed by atoms with van der Waals surface area (Å²) in [5.41, 5.74) is 0.967. The molecule has 1 aromatic carbocycles. The highest BCUT2D eigenvalue weighted by molar-refractivity contribution is 5.90. The molecule has 0 aliphatic carbocycles. The fraction of sp³-hybridized carbons (Fsp3) is 0.133. The number of nitrogens with zero attached hydrogens (tertiary/aromatic N) is 5.